The number of aromatic nitrogens is 1. The first kappa shape index (κ1) is 17.6. The van der Waals surface area contributed by atoms with Gasteiger partial charge in [0.15, 0.2) is 0 Å². The maximum atomic E-state index is 12.8. The monoisotopic (exact) mass is 355 g/mol. The van der Waals surface area contributed by atoms with E-state index in [2.05, 4.69) is 27.8 Å². The average molecular weight is 355 g/mol. The second-order valence-corrected chi connectivity index (χ2v) is 7.86. The van der Waals surface area contributed by atoms with E-state index in [0.717, 1.165) is 57.4 Å². The minimum atomic E-state index is -0.172. The molecule has 4 rings (SSSR count). The summed E-state index contributed by atoms with van der Waals surface area (Å²) in [7, 11) is 2.04. The molecule has 5 nitrogen and oxygen atoms in total. The Morgan fingerprint density at radius 1 is 1.15 bits per heavy atom. The molecule has 0 saturated carbocycles. The molecule has 140 valence electrons. The predicted octanol–water partition coefficient (Wildman–Crippen LogP) is 2.17. The number of benzene rings is 1. The molecule has 2 aromatic rings. The molecule has 0 spiro atoms. The van der Waals surface area contributed by atoms with Gasteiger partial charge < -0.3 is 14.6 Å². The third kappa shape index (κ3) is 3.51. The standard InChI is InChI=1S/C21H29N3O2/c1-22-14-16(19-6-2-3-7-20(19)22)13-21(26)23-11-8-17(9-12-23)24-10-4-5-18(25)15-24/h2-3,6-7,14,17-18,25H,4-5,8-13,15H2,1H3. The molecule has 3 heterocycles. The molecule has 1 N–H and O–H groups in total. The van der Waals surface area contributed by atoms with Crippen molar-refractivity contribution >= 4 is 16.8 Å². The van der Waals surface area contributed by atoms with Crippen LogP contribution in [-0.2, 0) is 18.3 Å². The number of nitrogens with zero attached hydrogens (tertiary/aromatic N) is 3. The molecule has 1 amide bonds. The van der Waals surface area contributed by atoms with Gasteiger partial charge in [-0.2, -0.15) is 0 Å². The molecule has 2 aliphatic rings. The van der Waals surface area contributed by atoms with Crippen LogP contribution in [-0.4, -0.2) is 63.7 Å². The van der Waals surface area contributed by atoms with Crippen molar-refractivity contribution in [1.29, 1.82) is 0 Å². The maximum absolute atomic E-state index is 12.8. The molecule has 1 aromatic heterocycles. The minimum Gasteiger partial charge on any atom is -0.392 e. The number of aliphatic hydroxyl groups is 1. The lowest BCUT2D eigenvalue weighted by Gasteiger charge is -2.41. The number of carbonyl (C=O) groups excluding carboxylic acids is 1. The van der Waals surface area contributed by atoms with E-state index in [1.165, 1.54) is 10.9 Å². The summed E-state index contributed by atoms with van der Waals surface area (Å²) in [6, 6.07) is 8.80. The summed E-state index contributed by atoms with van der Waals surface area (Å²) in [6.45, 7) is 3.56. The van der Waals surface area contributed by atoms with E-state index in [1.807, 2.05) is 24.1 Å². The van der Waals surface area contributed by atoms with Crippen molar-refractivity contribution < 1.29 is 9.90 Å². The molecule has 1 aromatic carbocycles. The Hall–Kier alpha value is -1.85. The summed E-state index contributed by atoms with van der Waals surface area (Å²) in [4.78, 5) is 17.3. The zero-order chi connectivity index (χ0) is 18.1. The Labute approximate surface area is 155 Å². The lowest BCUT2D eigenvalue weighted by molar-refractivity contribution is -0.132. The molecule has 2 aliphatic heterocycles. The molecule has 1 unspecified atom stereocenters. The molecule has 0 aliphatic carbocycles. The van der Waals surface area contributed by atoms with E-state index in [-0.39, 0.29) is 12.0 Å². The van der Waals surface area contributed by atoms with Crippen molar-refractivity contribution in [2.24, 2.45) is 7.05 Å². The number of aliphatic hydroxyl groups excluding tert-OH is 1. The Morgan fingerprint density at radius 3 is 2.69 bits per heavy atom. The van der Waals surface area contributed by atoms with Gasteiger partial charge in [-0.3, -0.25) is 9.69 Å². The zero-order valence-electron chi connectivity index (χ0n) is 15.6. The number of piperidine rings is 2. The van der Waals surface area contributed by atoms with E-state index < -0.39 is 0 Å². The van der Waals surface area contributed by atoms with Crippen LogP contribution in [0.1, 0.15) is 31.2 Å². The zero-order valence-corrected chi connectivity index (χ0v) is 15.6. The van der Waals surface area contributed by atoms with Crippen LogP contribution in [0.3, 0.4) is 0 Å². The largest absolute Gasteiger partial charge is 0.392 e. The summed E-state index contributed by atoms with van der Waals surface area (Å²) in [5.74, 6) is 0.235. The number of amides is 1. The number of likely N-dealkylation sites (tertiary alicyclic amines) is 2. The quantitative estimate of drug-likeness (QED) is 0.918. The Kier molecular flexibility index (Phi) is 5.00. The first-order valence-corrected chi connectivity index (χ1v) is 9.84. The van der Waals surface area contributed by atoms with Crippen LogP contribution in [0, 0.1) is 0 Å². The van der Waals surface area contributed by atoms with Gasteiger partial charge in [0.25, 0.3) is 0 Å². The Morgan fingerprint density at radius 2 is 1.92 bits per heavy atom. The fourth-order valence-corrected chi connectivity index (χ4v) is 4.64. The maximum Gasteiger partial charge on any atom is 0.227 e. The highest BCUT2D eigenvalue weighted by molar-refractivity contribution is 5.89. The van der Waals surface area contributed by atoms with Gasteiger partial charge in [0.05, 0.1) is 12.5 Å². The van der Waals surface area contributed by atoms with Gasteiger partial charge in [-0.15, -0.1) is 0 Å². The number of β-amino-alcohol motifs (C(OH)–C–C–N with tert-alkyl or cyclic N) is 1. The third-order valence-corrected chi connectivity index (χ3v) is 6.08. The third-order valence-electron chi connectivity index (χ3n) is 6.08. The Bertz CT molecular complexity index is 777. The van der Waals surface area contributed by atoms with Gasteiger partial charge in [-0.1, -0.05) is 18.2 Å². The van der Waals surface area contributed by atoms with Crippen molar-refractivity contribution in [3.63, 3.8) is 0 Å². The predicted molar refractivity (Wildman–Crippen MR) is 103 cm³/mol. The summed E-state index contributed by atoms with van der Waals surface area (Å²) < 4.78 is 2.10. The minimum absolute atomic E-state index is 0.172. The molecule has 26 heavy (non-hydrogen) atoms. The van der Waals surface area contributed by atoms with Crippen LogP contribution in [0.4, 0.5) is 0 Å². The molecular formula is C21H29N3O2. The van der Waals surface area contributed by atoms with Crippen LogP contribution < -0.4 is 0 Å². The lowest BCUT2D eigenvalue weighted by atomic mass is 9.98. The number of fused-ring (bicyclic) bond motifs is 1. The van der Waals surface area contributed by atoms with E-state index in [4.69, 9.17) is 0 Å². The van der Waals surface area contributed by atoms with Crippen LogP contribution in [0.15, 0.2) is 30.5 Å². The topological polar surface area (TPSA) is 48.7 Å². The number of para-hydroxylation sites is 1. The fraction of sp³-hybridized carbons (Fsp3) is 0.571. The summed E-state index contributed by atoms with van der Waals surface area (Å²) in [6.07, 6.45) is 6.45. The van der Waals surface area contributed by atoms with Gasteiger partial charge in [0.1, 0.15) is 0 Å². The summed E-state index contributed by atoms with van der Waals surface area (Å²) in [5.41, 5.74) is 2.30. The molecule has 2 fully saturated rings. The van der Waals surface area contributed by atoms with Crippen molar-refractivity contribution in [1.82, 2.24) is 14.4 Å². The van der Waals surface area contributed by atoms with Crippen LogP contribution in [0.25, 0.3) is 10.9 Å². The van der Waals surface area contributed by atoms with Gasteiger partial charge >= 0.3 is 0 Å². The molecule has 2 saturated heterocycles. The number of rotatable bonds is 3. The SMILES string of the molecule is Cn1cc(CC(=O)N2CCC(N3CCCC(O)C3)CC2)c2ccccc21. The number of carbonyl (C=O) groups is 1. The van der Waals surface area contributed by atoms with E-state index in [1.54, 1.807) is 0 Å². The number of hydrogen-bond donors (Lipinski definition) is 1. The highest BCUT2D eigenvalue weighted by Crippen LogP contribution is 2.24. The highest BCUT2D eigenvalue weighted by atomic mass is 16.3. The smallest absolute Gasteiger partial charge is 0.227 e. The Balaban J connectivity index is 1.36. The van der Waals surface area contributed by atoms with Crippen molar-refractivity contribution in [3.8, 4) is 0 Å². The molecule has 0 bridgehead atoms. The average Bonchev–Trinajstić information content (AvgIpc) is 2.98. The van der Waals surface area contributed by atoms with Gasteiger partial charge in [-0.25, -0.2) is 0 Å². The molecule has 0 radical (unpaired) electrons. The van der Waals surface area contributed by atoms with Crippen LogP contribution in [0.2, 0.25) is 0 Å². The first-order chi connectivity index (χ1) is 12.6. The van der Waals surface area contributed by atoms with E-state index in [9.17, 15) is 9.90 Å². The second-order valence-electron chi connectivity index (χ2n) is 7.86. The number of hydrogen-bond acceptors (Lipinski definition) is 3. The number of aryl methyl sites for hydroxylation is 1. The van der Waals surface area contributed by atoms with Gasteiger partial charge in [0, 0.05) is 49.8 Å². The first-order valence-electron chi connectivity index (χ1n) is 9.84. The van der Waals surface area contributed by atoms with Gasteiger partial charge in [-0.05, 0) is 43.9 Å². The summed E-state index contributed by atoms with van der Waals surface area (Å²) >= 11 is 0. The molecule has 1 atom stereocenters. The van der Waals surface area contributed by atoms with Crippen molar-refractivity contribution in [3.05, 3.63) is 36.0 Å². The lowest BCUT2D eigenvalue weighted by Crippen LogP contribution is -2.50. The van der Waals surface area contributed by atoms with Crippen LogP contribution >= 0.6 is 0 Å². The van der Waals surface area contributed by atoms with Crippen molar-refractivity contribution in [2.45, 2.75) is 44.2 Å². The fourth-order valence-electron chi connectivity index (χ4n) is 4.64. The molecule has 5 heteroatoms. The normalized spacial score (nSPS) is 22.8. The van der Waals surface area contributed by atoms with E-state index >= 15 is 0 Å². The van der Waals surface area contributed by atoms with Gasteiger partial charge in [0.2, 0.25) is 5.91 Å². The summed E-state index contributed by atoms with van der Waals surface area (Å²) in [5, 5.41) is 11.1. The molecular weight excluding hydrogens is 326 g/mol. The van der Waals surface area contributed by atoms with Crippen LogP contribution in [0.5, 0.6) is 0 Å². The second kappa shape index (κ2) is 7.41. The van der Waals surface area contributed by atoms with Crippen molar-refractivity contribution in [2.75, 3.05) is 26.2 Å². The van der Waals surface area contributed by atoms with E-state index in [0.29, 0.717) is 12.5 Å². The highest BCUT2D eigenvalue weighted by Gasteiger charge is 2.29.